The van der Waals surface area contributed by atoms with Gasteiger partial charge in [-0.05, 0) is 51.3 Å². The molecule has 126 valence electrons. The van der Waals surface area contributed by atoms with Crippen LogP contribution in [-0.2, 0) is 20.7 Å². The first-order valence-electron chi connectivity index (χ1n) is 8.09. The lowest BCUT2D eigenvalue weighted by molar-refractivity contribution is -0.153. The number of piperidine rings is 1. The van der Waals surface area contributed by atoms with Crippen LogP contribution in [0, 0.1) is 5.92 Å². The molecule has 5 heteroatoms. The van der Waals surface area contributed by atoms with Gasteiger partial charge in [-0.25, -0.2) is 0 Å². The molecule has 1 saturated heterocycles. The molecule has 1 amide bonds. The van der Waals surface area contributed by atoms with E-state index >= 15 is 0 Å². The van der Waals surface area contributed by atoms with Gasteiger partial charge in [0, 0.05) is 24.7 Å². The van der Waals surface area contributed by atoms with Gasteiger partial charge >= 0.3 is 5.97 Å². The molecule has 5 nitrogen and oxygen atoms in total. The SMILES string of the molecule is CC(C)(C)OC(=O)Cc1ccc(N2CCC(C(N)=O)CC2)cc1. The van der Waals surface area contributed by atoms with E-state index in [2.05, 4.69) is 4.90 Å². The number of ether oxygens (including phenoxy) is 1. The topological polar surface area (TPSA) is 72.6 Å². The molecule has 1 heterocycles. The molecular formula is C18H26N2O3. The normalized spacial score (nSPS) is 16.2. The molecule has 2 rings (SSSR count). The zero-order valence-corrected chi connectivity index (χ0v) is 14.2. The molecule has 1 aromatic carbocycles. The molecule has 0 saturated carbocycles. The number of hydrogen-bond acceptors (Lipinski definition) is 4. The van der Waals surface area contributed by atoms with Crippen LogP contribution in [0.2, 0.25) is 0 Å². The molecular weight excluding hydrogens is 292 g/mol. The summed E-state index contributed by atoms with van der Waals surface area (Å²) in [5.74, 6) is -0.414. The van der Waals surface area contributed by atoms with Crippen molar-refractivity contribution in [3.8, 4) is 0 Å². The molecule has 1 aliphatic rings. The second-order valence-corrected chi connectivity index (χ2v) is 7.09. The van der Waals surface area contributed by atoms with Crippen molar-refractivity contribution < 1.29 is 14.3 Å². The molecule has 0 radical (unpaired) electrons. The summed E-state index contributed by atoms with van der Waals surface area (Å²) in [4.78, 5) is 25.3. The van der Waals surface area contributed by atoms with Crippen molar-refractivity contribution in [1.82, 2.24) is 0 Å². The Balaban J connectivity index is 1.90. The Morgan fingerprint density at radius 2 is 1.74 bits per heavy atom. The van der Waals surface area contributed by atoms with Crippen LogP contribution in [0.1, 0.15) is 39.2 Å². The lowest BCUT2D eigenvalue weighted by Crippen LogP contribution is -2.38. The highest BCUT2D eigenvalue weighted by molar-refractivity contribution is 5.77. The summed E-state index contributed by atoms with van der Waals surface area (Å²) >= 11 is 0. The van der Waals surface area contributed by atoms with Crippen LogP contribution in [0.4, 0.5) is 5.69 Å². The van der Waals surface area contributed by atoms with Crippen LogP contribution in [0.3, 0.4) is 0 Å². The fourth-order valence-corrected chi connectivity index (χ4v) is 2.79. The van der Waals surface area contributed by atoms with Gasteiger partial charge in [0.15, 0.2) is 0 Å². The maximum absolute atomic E-state index is 11.8. The van der Waals surface area contributed by atoms with Crippen molar-refractivity contribution in [2.75, 3.05) is 18.0 Å². The van der Waals surface area contributed by atoms with Crippen LogP contribution in [-0.4, -0.2) is 30.6 Å². The molecule has 0 unspecified atom stereocenters. The summed E-state index contributed by atoms with van der Waals surface area (Å²) < 4.78 is 5.33. The lowest BCUT2D eigenvalue weighted by atomic mass is 9.96. The van der Waals surface area contributed by atoms with Gasteiger partial charge in [-0.3, -0.25) is 9.59 Å². The van der Waals surface area contributed by atoms with Crippen LogP contribution in [0.5, 0.6) is 0 Å². The van der Waals surface area contributed by atoms with Gasteiger partial charge in [-0.2, -0.15) is 0 Å². The molecule has 0 atom stereocenters. The van der Waals surface area contributed by atoms with E-state index < -0.39 is 5.60 Å². The van der Waals surface area contributed by atoms with Gasteiger partial charge < -0.3 is 15.4 Å². The smallest absolute Gasteiger partial charge is 0.310 e. The molecule has 0 aromatic heterocycles. The van der Waals surface area contributed by atoms with Gasteiger partial charge in [-0.1, -0.05) is 12.1 Å². The van der Waals surface area contributed by atoms with Gasteiger partial charge in [0.25, 0.3) is 0 Å². The van der Waals surface area contributed by atoms with Gasteiger partial charge in [0.1, 0.15) is 5.60 Å². The Hall–Kier alpha value is -2.04. The minimum Gasteiger partial charge on any atom is -0.460 e. The third kappa shape index (κ3) is 5.27. The number of amides is 1. The van der Waals surface area contributed by atoms with Gasteiger partial charge in [0.05, 0.1) is 6.42 Å². The van der Waals surface area contributed by atoms with Crippen LogP contribution < -0.4 is 10.6 Å². The van der Waals surface area contributed by atoms with E-state index in [0.717, 1.165) is 37.2 Å². The maximum atomic E-state index is 11.8. The van der Waals surface area contributed by atoms with Crippen molar-refractivity contribution in [3.05, 3.63) is 29.8 Å². The number of rotatable bonds is 4. The summed E-state index contributed by atoms with van der Waals surface area (Å²) in [6.07, 6.45) is 1.88. The summed E-state index contributed by atoms with van der Waals surface area (Å²) in [7, 11) is 0. The number of benzene rings is 1. The number of hydrogen-bond donors (Lipinski definition) is 1. The van der Waals surface area contributed by atoms with Gasteiger partial charge in [0.2, 0.25) is 5.91 Å². The summed E-state index contributed by atoms with van der Waals surface area (Å²) in [6.45, 7) is 7.26. The third-order valence-corrected chi connectivity index (χ3v) is 3.97. The Morgan fingerprint density at radius 3 is 2.22 bits per heavy atom. The summed E-state index contributed by atoms with van der Waals surface area (Å²) in [5, 5.41) is 0. The zero-order chi connectivity index (χ0) is 17.0. The highest BCUT2D eigenvalue weighted by Crippen LogP contribution is 2.23. The molecule has 1 fully saturated rings. The predicted octanol–water partition coefficient (Wildman–Crippen LogP) is 2.27. The maximum Gasteiger partial charge on any atom is 0.310 e. The number of carbonyl (C=O) groups is 2. The number of nitrogens with two attached hydrogens (primary N) is 1. The first-order valence-corrected chi connectivity index (χ1v) is 8.09. The fraction of sp³-hybridized carbons (Fsp3) is 0.556. The van der Waals surface area contributed by atoms with E-state index in [1.54, 1.807) is 0 Å². The second-order valence-electron chi connectivity index (χ2n) is 7.09. The Bertz CT molecular complexity index is 553. The summed E-state index contributed by atoms with van der Waals surface area (Å²) in [5.41, 5.74) is 6.96. The van der Waals surface area contributed by atoms with E-state index in [1.807, 2.05) is 45.0 Å². The Kier molecular flexibility index (Phi) is 5.29. The van der Waals surface area contributed by atoms with E-state index in [4.69, 9.17) is 10.5 Å². The van der Waals surface area contributed by atoms with Crippen molar-refractivity contribution in [2.24, 2.45) is 11.7 Å². The molecule has 1 aliphatic heterocycles. The first-order chi connectivity index (χ1) is 10.7. The predicted molar refractivity (Wildman–Crippen MR) is 90.1 cm³/mol. The standard InChI is InChI=1S/C18H26N2O3/c1-18(2,3)23-16(21)12-13-4-6-15(7-5-13)20-10-8-14(9-11-20)17(19)22/h4-7,14H,8-12H2,1-3H3,(H2,19,22). The Labute approximate surface area is 137 Å². The van der Waals surface area contributed by atoms with Crippen LogP contribution in [0.15, 0.2) is 24.3 Å². The van der Waals surface area contributed by atoms with Crippen molar-refractivity contribution in [2.45, 2.75) is 45.6 Å². The molecule has 2 N–H and O–H groups in total. The number of anilines is 1. The highest BCUT2D eigenvalue weighted by Gasteiger charge is 2.23. The number of primary amides is 1. The van der Waals surface area contributed by atoms with Crippen molar-refractivity contribution in [1.29, 1.82) is 0 Å². The average Bonchev–Trinajstić information content (AvgIpc) is 2.46. The molecule has 0 spiro atoms. The minimum atomic E-state index is -0.457. The van der Waals surface area contributed by atoms with E-state index in [0.29, 0.717) is 0 Å². The molecule has 0 aliphatic carbocycles. The van der Waals surface area contributed by atoms with Crippen LogP contribution in [0.25, 0.3) is 0 Å². The molecule has 23 heavy (non-hydrogen) atoms. The van der Waals surface area contributed by atoms with Crippen LogP contribution >= 0.6 is 0 Å². The zero-order valence-electron chi connectivity index (χ0n) is 14.2. The second kappa shape index (κ2) is 7.02. The van der Waals surface area contributed by atoms with E-state index in [1.165, 1.54) is 0 Å². The monoisotopic (exact) mass is 318 g/mol. The fourth-order valence-electron chi connectivity index (χ4n) is 2.79. The van der Waals surface area contributed by atoms with Crippen molar-refractivity contribution in [3.63, 3.8) is 0 Å². The minimum absolute atomic E-state index is 0.00214. The number of esters is 1. The largest absolute Gasteiger partial charge is 0.460 e. The number of carbonyl (C=O) groups excluding carboxylic acids is 2. The molecule has 1 aromatic rings. The van der Waals surface area contributed by atoms with E-state index in [-0.39, 0.29) is 24.2 Å². The Morgan fingerprint density at radius 1 is 1.17 bits per heavy atom. The highest BCUT2D eigenvalue weighted by atomic mass is 16.6. The molecule has 0 bridgehead atoms. The quantitative estimate of drug-likeness (QED) is 0.864. The van der Waals surface area contributed by atoms with Gasteiger partial charge in [-0.15, -0.1) is 0 Å². The first kappa shape index (κ1) is 17.3. The summed E-state index contributed by atoms with van der Waals surface area (Å²) in [6, 6.07) is 7.95. The number of nitrogens with zero attached hydrogens (tertiary/aromatic N) is 1. The lowest BCUT2D eigenvalue weighted by Gasteiger charge is -2.32. The van der Waals surface area contributed by atoms with E-state index in [9.17, 15) is 9.59 Å². The third-order valence-electron chi connectivity index (χ3n) is 3.97. The average molecular weight is 318 g/mol. The van der Waals surface area contributed by atoms with Crippen molar-refractivity contribution >= 4 is 17.6 Å².